The lowest BCUT2D eigenvalue weighted by molar-refractivity contribution is -0.136. The predicted molar refractivity (Wildman–Crippen MR) is 112 cm³/mol. The van der Waals surface area contributed by atoms with Gasteiger partial charge >= 0.3 is 0 Å². The van der Waals surface area contributed by atoms with Crippen molar-refractivity contribution in [1.82, 2.24) is 10.2 Å². The zero-order valence-electron chi connectivity index (χ0n) is 16.9. The summed E-state index contributed by atoms with van der Waals surface area (Å²) in [5.41, 5.74) is 2.45. The summed E-state index contributed by atoms with van der Waals surface area (Å²) in [7, 11) is 0. The van der Waals surface area contributed by atoms with Crippen LogP contribution in [0, 0.1) is 6.92 Å². The molecule has 1 aromatic heterocycles. The van der Waals surface area contributed by atoms with Crippen molar-refractivity contribution in [2.75, 3.05) is 5.32 Å². The minimum absolute atomic E-state index is 0.0449. The van der Waals surface area contributed by atoms with Gasteiger partial charge in [-0.2, -0.15) is 0 Å². The lowest BCUT2D eigenvalue weighted by Crippen LogP contribution is -2.54. The molecule has 0 aliphatic carbocycles. The van der Waals surface area contributed by atoms with Gasteiger partial charge in [-0.1, -0.05) is 11.6 Å². The number of furan rings is 1. The highest BCUT2D eigenvalue weighted by Gasteiger charge is 2.44. The highest BCUT2D eigenvalue weighted by atomic mass is 16.3. The maximum Gasteiger partial charge on any atom is 0.262 e. The second-order valence-electron chi connectivity index (χ2n) is 7.81. The summed E-state index contributed by atoms with van der Waals surface area (Å²) in [6, 6.07) is 8.83. The fourth-order valence-electron chi connectivity index (χ4n) is 4.07. The first-order valence-electron chi connectivity index (χ1n) is 9.98. The number of hydrogen-bond acceptors (Lipinski definition) is 6. The van der Waals surface area contributed by atoms with Gasteiger partial charge < -0.3 is 9.73 Å². The van der Waals surface area contributed by atoms with Crippen LogP contribution in [0.15, 0.2) is 47.1 Å². The van der Waals surface area contributed by atoms with E-state index in [4.69, 9.17) is 4.42 Å². The van der Waals surface area contributed by atoms with E-state index in [1.54, 1.807) is 6.07 Å². The van der Waals surface area contributed by atoms with Gasteiger partial charge in [-0.05, 0) is 43.7 Å². The third-order valence-electron chi connectivity index (χ3n) is 5.67. The smallest absolute Gasteiger partial charge is 0.262 e. The summed E-state index contributed by atoms with van der Waals surface area (Å²) in [6.45, 7) is 1.91. The van der Waals surface area contributed by atoms with Gasteiger partial charge in [0, 0.05) is 17.5 Å². The number of hydrogen-bond donors (Lipinski definition) is 2. The Bertz CT molecular complexity index is 1360. The molecule has 0 radical (unpaired) electrons. The fourth-order valence-corrected chi connectivity index (χ4v) is 4.07. The molecule has 1 saturated heterocycles. The van der Waals surface area contributed by atoms with Gasteiger partial charge in [0.2, 0.25) is 11.8 Å². The molecule has 9 nitrogen and oxygen atoms in total. The van der Waals surface area contributed by atoms with E-state index >= 15 is 0 Å². The van der Waals surface area contributed by atoms with Gasteiger partial charge in [-0.15, -0.1) is 0 Å². The third-order valence-corrected chi connectivity index (χ3v) is 5.67. The second-order valence-corrected chi connectivity index (χ2v) is 7.81. The van der Waals surface area contributed by atoms with Gasteiger partial charge in [-0.3, -0.25) is 34.2 Å². The van der Waals surface area contributed by atoms with Crippen molar-refractivity contribution in [3.63, 3.8) is 0 Å². The van der Waals surface area contributed by atoms with E-state index in [2.05, 4.69) is 10.6 Å². The minimum Gasteiger partial charge on any atom is -0.463 e. The van der Waals surface area contributed by atoms with Crippen molar-refractivity contribution >= 4 is 46.2 Å². The Morgan fingerprint density at radius 3 is 2.62 bits per heavy atom. The van der Waals surface area contributed by atoms with Crippen LogP contribution in [-0.4, -0.2) is 40.5 Å². The molecular weight excluding hydrogens is 414 g/mol. The summed E-state index contributed by atoms with van der Waals surface area (Å²) < 4.78 is 5.44. The first-order valence-corrected chi connectivity index (χ1v) is 9.98. The normalized spacial score (nSPS) is 18.2. The molecule has 1 atom stereocenters. The number of anilines is 1. The van der Waals surface area contributed by atoms with E-state index in [1.165, 1.54) is 24.5 Å². The molecule has 2 aromatic carbocycles. The largest absolute Gasteiger partial charge is 0.463 e. The van der Waals surface area contributed by atoms with E-state index < -0.39 is 35.6 Å². The molecule has 5 rings (SSSR count). The average molecular weight is 431 g/mol. The lowest BCUT2D eigenvalue weighted by atomic mass is 10.0. The molecule has 32 heavy (non-hydrogen) atoms. The van der Waals surface area contributed by atoms with Crippen LogP contribution in [0.25, 0.3) is 11.0 Å². The molecule has 5 amide bonds. The molecular formula is C23H17N3O6. The van der Waals surface area contributed by atoms with E-state index in [-0.39, 0.29) is 24.0 Å². The Kier molecular flexibility index (Phi) is 4.40. The molecule has 2 aliphatic rings. The van der Waals surface area contributed by atoms with Gasteiger partial charge in [0.1, 0.15) is 17.9 Å². The molecule has 0 saturated carbocycles. The Balaban J connectivity index is 1.41. The molecule has 0 bridgehead atoms. The number of rotatable bonds is 3. The van der Waals surface area contributed by atoms with Gasteiger partial charge in [0.15, 0.2) is 0 Å². The topological polar surface area (TPSA) is 126 Å². The van der Waals surface area contributed by atoms with Crippen LogP contribution in [0.3, 0.4) is 0 Å². The van der Waals surface area contributed by atoms with E-state index in [0.29, 0.717) is 22.2 Å². The second kappa shape index (κ2) is 7.16. The third kappa shape index (κ3) is 3.06. The molecule has 1 fully saturated rings. The molecule has 0 spiro atoms. The molecule has 2 N–H and O–H groups in total. The first kappa shape index (κ1) is 19.7. The fraction of sp³-hybridized carbons (Fsp3) is 0.174. The van der Waals surface area contributed by atoms with Crippen LogP contribution >= 0.6 is 0 Å². The number of carbonyl (C=O) groups excluding carboxylic acids is 5. The average Bonchev–Trinajstić information content (AvgIpc) is 3.27. The van der Waals surface area contributed by atoms with Gasteiger partial charge in [0.25, 0.3) is 17.7 Å². The number of fused-ring (bicyclic) bond motifs is 2. The minimum atomic E-state index is -1.04. The van der Waals surface area contributed by atoms with Crippen LogP contribution < -0.4 is 10.6 Å². The molecule has 3 aromatic rings. The highest BCUT2D eigenvalue weighted by molar-refractivity contribution is 6.24. The van der Waals surface area contributed by atoms with Gasteiger partial charge in [0.05, 0.1) is 16.7 Å². The van der Waals surface area contributed by atoms with Crippen LogP contribution in [-0.2, 0) is 9.59 Å². The van der Waals surface area contributed by atoms with Crippen molar-refractivity contribution in [2.24, 2.45) is 0 Å². The van der Waals surface area contributed by atoms with E-state index in [1.807, 2.05) is 19.1 Å². The summed E-state index contributed by atoms with van der Waals surface area (Å²) in [5, 5.41) is 5.55. The van der Waals surface area contributed by atoms with E-state index in [0.717, 1.165) is 10.5 Å². The Morgan fingerprint density at radius 1 is 1.06 bits per heavy atom. The Labute approximate surface area is 181 Å². The summed E-state index contributed by atoms with van der Waals surface area (Å²) >= 11 is 0. The molecule has 1 unspecified atom stereocenters. The summed E-state index contributed by atoms with van der Waals surface area (Å²) in [5.74, 6) is -2.78. The van der Waals surface area contributed by atoms with Crippen molar-refractivity contribution in [3.8, 4) is 0 Å². The summed E-state index contributed by atoms with van der Waals surface area (Å²) in [4.78, 5) is 62.9. The quantitative estimate of drug-likeness (QED) is 0.614. The molecule has 9 heteroatoms. The Hall–Kier alpha value is -4.27. The monoisotopic (exact) mass is 431 g/mol. The van der Waals surface area contributed by atoms with Crippen molar-refractivity contribution < 1.29 is 28.4 Å². The van der Waals surface area contributed by atoms with Crippen LogP contribution in [0.2, 0.25) is 0 Å². The number of amides is 5. The maximum atomic E-state index is 12.9. The number of imide groups is 2. The number of nitrogens with one attached hydrogen (secondary N) is 2. The van der Waals surface area contributed by atoms with Crippen LogP contribution in [0.5, 0.6) is 0 Å². The number of carbonyl (C=O) groups is 5. The highest BCUT2D eigenvalue weighted by Crippen LogP contribution is 2.30. The summed E-state index contributed by atoms with van der Waals surface area (Å²) in [6.07, 6.45) is 1.49. The number of nitrogens with zero attached hydrogens (tertiary/aromatic N) is 1. The van der Waals surface area contributed by atoms with Crippen LogP contribution in [0.1, 0.15) is 49.5 Å². The number of piperidine rings is 1. The first-order chi connectivity index (χ1) is 15.3. The Morgan fingerprint density at radius 2 is 1.84 bits per heavy atom. The number of aryl methyl sites for hydroxylation is 1. The zero-order valence-corrected chi connectivity index (χ0v) is 16.9. The lowest BCUT2D eigenvalue weighted by Gasteiger charge is -2.27. The van der Waals surface area contributed by atoms with Crippen LogP contribution in [0.4, 0.5) is 5.69 Å². The molecule has 2 aliphatic heterocycles. The zero-order chi connectivity index (χ0) is 22.6. The number of benzene rings is 2. The van der Waals surface area contributed by atoms with E-state index in [9.17, 15) is 24.0 Å². The molecule has 160 valence electrons. The van der Waals surface area contributed by atoms with Crippen molar-refractivity contribution in [1.29, 1.82) is 0 Å². The van der Waals surface area contributed by atoms with Gasteiger partial charge in [-0.25, -0.2) is 0 Å². The van der Waals surface area contributed by atoms with Crippen molar-refractivity contribution in [3.05, 3.63) is 64.9 Å². The maximum absolute atomic E-state index is 12.9. The predicted octanol–water partition coefficient (Wildman–Crippen LogP) is 2.39. The van der Waals surface area contributed by atoms with Crippen molar-refractivity contribution in [2.45, 2.75) is 25.8 Å². The standard InChI is InChI=1S/C23H17N3O6/c1-11-2-6-18-14(8-11)16(10-32-18)20(28)24-12-3-4-13-15(9-12)23(31)26(22(13)30)17-5-7-19(27)25-21(17)29/h2-4,6,8-10,17H,5,7H2,1H3,(H,24,28)(H,25,27,29). The SMILES string of the molecule is Cc1ccc2occ(C(=O)Nc3ccc4c(c3)C(=O)N(C3CCC(=O)NC3=O)C4=O)c2c1. The molecule has 3 heterocycles.